The first kappa shape index (κ1) is 20.9. The molecule has 0 fully saturated rings. The molecule has 2 aromatic carbocycles. The van der Waals surface area contributed by atoms with Crippen LogP contribution in [0.1, 0.15) is 20.7 Å². The molecule has 2 amide bonds. The molecule has 0 bridgehead atoms. The van der Waals surface area contributed by atoms with Crippen molar-refractivity contribution in [1.29, 1.82) is 0 Å². The molecule has 0 aliphatic heterocycles. The predicted octanol–water partition coefficient (Wildman–Crippen LogP) is 2.34. The number of anilines is 3. The quantitative estimate of drug-likeness (QED) is 0.330. The number of hydrazine groups is 2. The van der Waals surface area contributed by atoms with Crippen molar-refractivity contribution >= 4 is 45.1 Å². The van der Waals surface area contributed by atoms with Crippen LogP contribution in [0.15, 0.2) is 59.3 Å². The number of rotatable bonds is 7. The molecule has 0 aliphatic carbocycles. The van der Waals surface area contributed by atoms with E-state index in [1.807, 2.05) is 0 Å². The van der Waals surface area contributed by atoms with Crippen molar-refractivity contribution in [2.24, 2.45) is 0 Å². The fourth-order valence-electron chi connectivity index (χ4n) is 2.31. The second-order valence-electron chi connectivity index (χ2n) is 5.88. The first-order valence-electron chi connectivity index (χ1n) is 8.60. The molecule has 0 unspecified atom stereocenters. The van der Waals surface area contributed by atoms with Crippen LogP contribution in [-0.2, 0) is 0 Å². The van der Waals surface area contributed by atoms with E-state index in [0.717, 1.165) is 4.47 Å². The van der Waals surface area contributed by atoms with Gasteiger partial charge in [-0.25, -0.2) is 9.97 Å². The third-order valence-electron chi connectivity index (χ3n) is 3.93. The maximum atomic E-state index is 12.2. The summed E-state index contributed by atoms with van der Waals surface area (Å²) in [6, 6.07) is 13.4. The predicted molar refractivity (Wildman–Crippen MR) is 116 cm³/mol. The van der Waals surface area contributed by atoms with Crippen LogP contribution in [0.5, 0.6) is 5.75 Å². The zero-order chi connectivity index (χ0) is 21.5. The Bertz CT molecular complexity index is 1040. The second-order valence-corrected chi connectivity index (χ2v) is 6.79. The zero-order valence-electron chi connectivity index (χ0n) is 15.8. The molecular weight excluding hydrogens is 454 g/mol. The highest BCUT2D eigenvalue weighted by Crippen LogP contribution is 2.21. The number of nitrogens with zero attached hydrogens (tertiary/aromatic N) is 2. The van der Waals surface area contributed by atoms with E-state index in [1.165, 1.54) is 6.33 Å². The molecule has 10 nitrogen and oxygen atoms in total. The Labute approximate surface area is 180 Å². The van der Waals surface area contributed by atoms with Gasteiger partial charge in [-0.1, -0.05) is 15.9 Å². The van der Waals surface area contributed by atoms with Crippen molar-refractivity contribution in [2.75, 3.05) is 23.7 Å². The first-order chi connectivity index (χ1) is 14.5. The van der Waals surface area contributed by atoms with Gasteiger partial charge in [0.2, 0.25) is 0 Å². The van der Waals surface area contributed by atoms with Crippen molar-refractivity contribution in [1.82, 2.24) is 20.8 Å². The van der Waals surface area contributed by atoms with Crippen LogP contribution in [0.4, 0.5) is 17.3 Å². The molecular formula is C19H18BrN7O3. The van der Waals surface area contributed by atoms with Gasteiger partial charge in [-0.05, 0) is 48.5 Å². The molecule has 11 heteroatoms. The summed E-state index contributed by atoms with van der Waals surface area (Å²) in [7, 11) is 1.54. The number of halogens is 1. The molecule has 0 atom stereocenters. The van der Waals surface area contributed by atoms with E-state index in [1.54, 1.807) is 55.6 Å². The minimum atomic E-state index is -0.395. The lowest BCUT2D eigenvalue weighted by molar-refractivity contribution is 0.0954. The molecule has 0 saturated carbocycles. The average Bonchev–Trinajstić information content (AvgIpc) is 2.77. The van der Waals surface area contributed by atoms with Crippen molar-refractivity contribution < 1.29 is 14.3 Å². The lowest BCUT2D eigenvalue weighted by atomic mass is 10.2. The molecule has 6 N–H and O–H groups in total. The number of nitrogen functional groups attached to an aromatic ring is 1. The second kappa shape index (κ2) is 9.56. The van der Waals surface area contributed by atoms with Crippen LogP contribution in [0, 0.1) is 0 Å². The lowest BCUT2D eigenvalue weighted by Gasteiger charge is -2.14. The van der Waals surface area contributed by atoms with E-state index < -0.39 is 5.91 Å². The van der Waals surface area contributed by atoms with Crippen LogP contribution in [-0.4, -0.2) is 28.9 Å². The number of nitrogens with two attached hydrogens (primary N) is 1. The van der Waals surface area contributed by atoms with Crippen molar-refractivity contribution in [3.63, 3.8) is 0 Å². The van der Waals surface area contributed by atoms with Crippen LogP contribution in [0.25, 0.3) is 0 Å². The van der Waals surface area contributed by atoms with Gasteiger partial charge in [-0.2, -0.15) is 0 Å². The van der Waals surface area contributed by atoms with Gasteiger partial charge in [0.05, 0.1) is 7.11 Å². The first-order valence-corrected chi connectivity index (χ1v) is 9.40. The van der Waals surface area contributed by atoms with E-state index in [4.69, 9.17) is 10.5 Å². The number of amides is 2. The fourth-order valence-corrected chi connectivity index (χ4v) is 2.58. The Morgan fingerprint density at radius 3 is 1.80 bits per heavy atom. The van der Waals surface area contributed by atoms with Gasteiger partial charge in [0, 0.05) is 15.6 Å². The number of benzene rings is 2. The molecule has 0 aliphatic rings. The summed E-state index contributed by atoms with van der Waals surface area (Å²) in [5, 5.41) is 0. The number of ether oxygens (including phenoxy) is 1. The van der Waals surface area contributed by atoms with Gasteiger partial charge in [0.1, 0.15) is 17.8 Å². The smallest absolute Gasteiger partial charge is 0.269 e. The van der Waals surface area contributed by atoms with E-state index in [9.17, 15) is 9.59 Å². The minimum absolute atomic E-state index is 0.101. The number of aromatic nitrogens is 2. The topological polar surface area (TPSA) is 143 Å². The summed E-state index contributed by atoms with van der Waals surface area (Å²) in [5.41, 5.74) is 17.3. The molecule has 154 valence electrons. The maximum absolute atomic E-state index is 12.2. The molecule has 3 rings (SSSR count). The number of hydrogen-bond acceptors (Lipinski definition) is 8. The average molecular weight is 472 g/mol. The Hall–Kier alpha value is -3.86. The Kier molecular flexibility index (Phi) is 6.65. The van der Waals surface area contributed by atoms with Crippen LogP contribution in [0.2, 0.25) is 0 Å². The highest BCUT2D eigenvalue weighted by molar-refractivity contribution is 9.10. The molecule has 1 aromatic heterocycles. The van der Waals surface area contributed by atoms with Crippen molar-refractivity contribution in [2.45, 2.75) is 0 Å². The van der Waals surface area contributed by atoms with E-state index in [0.29, 0.717) is 16.9 Å². The SMILES string of the molecule is COc1ccc(C(=O)NNc2ncnc(NNC(=O)c3ccc(Br)cc3)c2N)cc1. The lowest BCUT2D eigenvalue weighted by Crippen LogP contribution is -2.32. The Balaban J connectivity index is 1.60. The van der Waals surface area contributed by atoms with Crippen molar-refractivity contribution in [3.05, 3.63) is 70.5 Å². The highest BCUT2D eigenvalue weighted by atomic mass is 79.9. The minimum Gasteiger partial charge on any atom is -0.497 e. The summed E-state index contributed by atoms with van der Waals surface area (Å²) in [6.07, 6.45) is 1.23. The molecule has 3 aromatic rings. The van der Waals surface area contributed by atoms with Crippen LogP contribution < -0.4 is 32.2 Å². The summed E-state index contributed by atoms with van der Waals surface area (Å²) in [5.74, 6) is 0.195. The number of hydrogen-bond donors (Lipinski definition) is 5. The van der Waals surface area contributed by atoms with E-state index in [2.05, 4.69) is 47.6 Å². The van der Waals surface area contributed by atoms with Crippen LogP contribution in [0.3, 0.4) is 0 Å². The van der Waals surface area contributed by atoms with Crippen LogP contribution >= 0.6 is 15.9 Å². The standard InChI is InChI=1S/C19H18BrN7O3/c1-30-14-8-4-12(5-9-14)19(29)27-25-17-15(21)16(22-10-23-17)24-26-18(28)11-2-6-13(20)7-3-11/h2-10H,21H2,1H3,(H,26,28)(H,27,29)(H2,22,23,24,25). The number of nitrogens with one attached hydrogen (secondary N) is 4. The molecule has 0 radical (unpaired) electrons. The molecule has 30 heavy (non-hydrogen) atoms. The van der Waals surface area contributed by atoms with Gasteiger partial charge in [-0.3, -0.25) is 31.3 Å². The summed E-state index contributed by atoms with van der Waals surface area (Å²) >= 11 is 3.31. The summed E-state index contributed by atoms with van der Waals surface area (Å²) in [6.45, 7) is 0. The third kappa shape index (κ3) is 5.14. The number of carbonyl (C=O) groups excluding carboxylic acids is 2. The normalized spacial score (nSPS) is 10.1. The van der Waals surface area contributed by atoms with Gasteiger partial charge >= 0.3 is 0 Å². The largest absolute Gasteiger partial charge is 0.497 e. The maximum Gasteiger partial charge on any atom is 0.269 e. The van der Waals surface area contributed by atoms with Gasteiger partial charge in [0.15, 0.2) is 11.6 Å². The molecule has 0 saturated heterocycles. The van der Waals surface area contributed by atoms with Gasteiger partial charge in [-0.15, -0.1) is 0 Å². The molecule has 1 heterocycles. The molecule has 0 spiro atoms. The summed E-state index contributed by atoms with van der Waals surface area (Å²) in [4.78, 5) is 32.4. The van der Waals surface area contributed by atoms with Gasteiger partial charge < -0.3 is 10.5 Å². The van der Waals surface area contributed by atoms with Gasteiger partial charge in [0.25, 0.3) is 11.8 Å². The number of carbonyl (C=O) groups is 2. The zero-order valence-corrected chi connectivity index (χ0v) is 17.4. The fraction of sp³-hybridized carbons (Fsp3) is 0.0526. The monoisotopic (exact) mass is 471 g/mol. The summed E-state index contributed by atoms with van der Waals surface area (Å²) < 4.78 is 5.92. The van der Waals surface area contributed by atoms with E-state index >= 15 is 0 Å². The Morgan fingerprint density at radius 1 is 0.867 bits per heavy atom. The third-order valence-corrected chi connectivity index (χ3v) is 4.46. The van der Waals surface area contributed by atoms with Crippen molar-refractivity contribution in [3.8, 4) is 5.75 Å². The Morgan fingerprint density at radius 2 is 1.33 bits per heavy atom. The number of methoxy groups -OCH3 is 1. The van der Waals surface area contributed by atoms with E-state index in [-0.39, 0.29) is 23.2 Å². The highest BCUT2D eigenvalue weighted by Gasteiger charge is 2.12.